The number of imide groups is 1. The summed E-state index contributed by atoms with van der Waals surface area (Å²) in [6.07, 6.45) is 1.42. The van der Waals surface area contributed by atoms with Gasteiger partial charge in [-0.1, -0.05) is 0 Å². The van der Waals surface area contributed by atoms with Crippen molar-refractivity contribution < 1.29 is 23.8 Å². The Labute approximate surface area is 189 Å². The van der Waals surface area contributed by atoms with Crippen molar-refractivity contribution in [3.8, 4) is 22.9 Å². The Kier molecular flexibility index (Phi) is 4.74. The van der Waals surface area contributed by atoms with Crippen LogP contribution in [0.2, 0.25) is 0 Å². The summed E-state index contributed by atoms with van der Waals surface area (Å²) in [6, 6.07) is 12.3. The highest BCUT2D eigenvalue weighted by atomic mass is 16.5. The normalized spacial score (nSPS) is 12.9. The lowest BCUT2D eigenvalue weighted by Crippen LogP contribution is -2.29. The first kappa shape index (κ1) is 20.5. The van der Waals surface area contributed by atoms with Gasteiger partial charge < -0.3 is 14.2 Å². The molecule has 9 nitrogen and oxygen atoms in total. The van der Waals surface area contributed by atoms with E-state index in [1.165, 1.54) is 20.4 Å². The van der Waals surface area contributed by atoms with Crippen molar-refractivity contribution in [2.24, 2.45) is 0 Å². The van der Waals surface area contributed by atoms with Crippen molar-refractivity contribution in [2.75, 3.05) is 26.2 Å². The minimum atomic E-state index is -0.479. The molecule has 1 aliphatic rings. The van der Waals surface area contributed by atoms with Crippen molar-refractivity contribution in [3.63, 3.8) is 0 Å². The topological polar surface area (TPSA) is 95.8 Å². The maximum atomic E-state index is 13.6. The quantitative estimate of drug-likeness (QED) is 0.434. The van der Waals surface area contributed by atoms with Crippen molar-refractivity contribution >= 4 is 28.5 Å². The number of fused-ring (bicyclic) bond motifs is 3. The van der Waals surface area contributed by atoms with Gasteiger partial charge in [0.05, 0.1) is 54.9 Å². The van der Waals surface area contributed by atoms with Crippen LogP contribution in [0.5, 0.6) is 17.2 Å². The molecule has 0 saturated heterocycles. The number of methoxy groups -OCH3 is 3. The molecule has 2 aromatic heterocycles. The summed E-state index contributed by atoms with van der Waals surface area (Å²) < 4.78 is 17.6. The second kappa shape index (κ2) is 7.63. The molecule has 4 aromatic rings. The smallest absolute Gasteiger partial charge is 0.267 e. The molecule has 0 saturated carbocycles. The number of aryl methyl sites for hydroxylation is 1. The molecular formula is C24H20N4O5. The Hall–Kier alpha value is -4.40. The number of nitrogens with zero attached hydrogens (tertiary/aromatic N) is 4. The second-order valence-corrected chi connectivity index (χ2v) is 7.42. The van der Waals surface area contributed by atoms with Gasteiger partial charge >= 0.3 is 0 Å². The number of aromatic nitrogens is 3. The zero-order valence-electron chi connectivity index (χ0n) is 18.4. The van der Waals surface area contributed by atoms with Crippen molar-refractivity contribution in [1.82, 2.24) is 14.8 Å². The van der Waals surface area contributed by atoms with E-state index in [1.54, 1.807) is 36.9 Å². The molecule has 33 heavy (non-hydrogen) atoms. The zero-order chi connectivity index (χ0) is 23.3. The Morgan fingerprint density at radius 3 is 2.21 bits per heavy atom. The summed E-state index contributed by atoms with van der Waals surface area (Å²) >= 11 is 0. The number of rotatable bonds is 5. The maximum absolute atomic E-state index is 13.6. The van der Waals surface area contributed by atoms with Crippen LogP contribution in [0.3, 0.4) is 0 Å². The number of anilines is 1. The lowest BCUT2D eigenvalue weighted by atomic mass is 10.1. The first-order valence-corrected chi connectivity index (χ1v) is 10.1. The first-order chi connectivity index (χ1) is 16.0. The van der Waals surface area contributed by atoms with Crippen LogP contribution in [-0.2, 0) is 0 Å². The number of amides is 2. The number of hydrogen-bond acceptors (Lipinski definition) is 7. The van der Waals surface area contributed by atoms with Gasteiger partial charge in [0.15, 0.2) is 5.65 Å². The molecule has 2 aromatic carbocycles. The van der Waals surface area contributed by atoms with Crippen LogP contribution in [0.25, 0.3) is 16.7 Å². The molecule has 0 unspecified atom stereocenters. The third kappa shape index (κ3) is 3.00. The highest BCUT2D eigenvalue weighted by molar-refractivity contribution is 6.37. The number of carbonyl (C=O) groups excluding carboxylic acids is 2. The maximum Gasteiger partial charge on any atom is 0.267 e. The van der Waals surface area contributed by atoms with Crippen molar-refractivity contribution in [2.45, 2.75) is 6.92 Å². The number of benzene rings is 2. The largest absolute Gasteiger partial charge is 0.497 e. The summed E-state index contributed by atoms with van der Waals surface area (Å²) in [6.45, 7) is 1.79. The van der Waals surface area contributed by atoms with Gasteiger partial charge in [-0.3, -0.25) is 9.59 Å². The van der Waals surface area contributed by atoms with Gasteiger partial charge in [-0.05, 0) is 43.3 Å². The Balaban J connectivity index is 1.68. The van der Waals surface area contributed by atoms with Gasteiger partial charge in [-0.25, -0.2) is 14.6 Å². The number of ether oxygens (including phenoxy) is 3. The number of carbonyl (C=O) groups is 2. The van der Waals surface area contributed by atoms with Crippen LogP contribution in [0, 0.1) is 6.92 Å². The van der Waals surface area contributed by atoms with Crippen LogP contribution in [-0.4, -0.2) is 47.9 Å². The summed E-state index contributed by atoms with van der Waals surface area (Å²) in [4.78, 5) is 32.5. The third-order valence-electron chi connectivity index (χ3n) is 5.67. The molecule has 1 aliphatic heterocycles. The fourth-order valence-electron chi connectivity index (χ4n) is 4.05. The van der Waals surface area contributed by atoms with Gasteiger partial charge in [-0.2, -0.15) is 5.10 Å². The molecule has 2 amide bonds. The summed E-state index contributed by atoms with van der Waals surface area (Å²) in [5, 5.41) is 5.13. The Morgan fingerprint density at radius 2 is 1.55 bits per heavy atom. The summed E-state index contributed by atoms with van der Waals surface area (Å²) in [5.41, 5.74) is 2.62. The van der Waals surface area contributed by atoms with Crippen molar-refractivity contribution in [1.29, 1.82) is 0 Å². The van der Waals surface area contributed by atoms with Gasteiger partial charge in [0, 0.05) is 12.3 Å². The monoisotopic (exact) mass is 444 g/mol. The van der Waals surface area contributed by atoms with Crippen LogP contribution < -0.4 is 19.1 Å². The number of pyridine rings is 1. The standard InChI is InChI=1S/C24H20N4O5/c1-13-20-21-17(12-25-22(20)28(26-13)14-5-7-15(31-2)8-6-14)23(29)27(24(21)30)18-11-16(32-3)9-10-19(18)33-4/h5-12H,1-4H3. The van der Waals surface area contributed by atoms with Crippen LogP contribution in [0.4, 0.5) is 5.69 Å². The van der Waals surface area contributed by atoms with E-state index in [-0.39, 0.29) is 11.1 Å². The average Bonchev–Trinajstić information content (AvgIpc) is 3.32. The van der Waals surface area contributed by atoms with Crippen LogP contribution in [0.1, 0.15) is 26.4 Å². The molecule has 166 valence electrons. The van der Waals surface area contributed by atoms with E-state index in [1.807, 2.05) is 24.3 Å². The number of hydrogen-bond donors (Lipinski definition) is 0. The molecule has 9 heteroatoms. The minimum absolute atomic E-state index is 0.217. The molecule has 0 spiro atoms. The first-order valence-electron chi connectivity index (χ1n) is 10.1. The molecule has 0 aliphatic carbocycles. The predicted molar refractivity (Wildman–Crippen MR) is 121 cm³/mol. The molecule has 0 bridgehead atoms. The molecule has 5 rings (SSSR count). The molecule has 0 radical (unpaired) electrons. The molecule has 0 N–H and O–H groups in total. The van der Waals surface area contributed by atoms with Gasteiger partial charge in [-0.15, -0.1) is 0 Å². The van der Waals surface area contributed by atoms with E-state index < -0.39 is 11.8 Å². The van der Waals surface area contributed by atoms with E-state index in [2.05, 4.69) is 10.1 Å². The summed E-state index contributed by atoms with van der Waals surface area (Å²) in [7, 11) is 4.59. The average molecular weight is 444 g/mol. The highest BCUT2D eigenvalue weighted by Gasteiger charge is 2.41. The molecule has 3 heterocycles. The van der Waals surface area contributed by atoms with Crippen molar-refractivity contribution in [3.05, 3.63) is 65.5 Å². The van der Waals surface area contributed by atoms with E-state index >= 15 is 0 Å². The van der Waals surface area contributed by atoms with Gasteiger partial charge in [0.25, 0.3) is 11.8 Å². The molecule has 0 fully saturated rings. The highest BCUT2D eigenvalue weighted by Crippen LogP contribution is 2.39. The molecule has 0 atom stereocenters. The van der Waals surface area contributed by atoms with E-state index in [9.17, 15) is 9.59 Å². The summed E-state index contributed by atoms with van der Waals surface area (Å²) in [5.74, 6) is 0.637. The third-order valence-corrected chi connectivity index (χ3v) is 5.67. The SMILES string of the molecule is COc1ccc(-n2nc(C)c3c4c(cnc32)C(=O)N(c2cc(OC)ccc2OC)C4=O)cc1. The van der Waals surface area contributed by atoms with E-state index in [0.717, 1.165) is 10.6 Å². The van der Waals surface area contributed by atoms with Crippen LogP contribution in [0.15, 0.2) is 48.7 Å². The van der Waals surface area contributed by atoms with Crippen LogP contribution >= 0.6 is 0 Å². The lowest BCUT2D eigenvalue weighted by Gasteiger charge is -2.18. The Morgan fingerprint density at radius 1 is 0.848 bits per heavy atom. The molecular weight excluding hydrogens is 424 g/mol. The van der Waals surface area contributed by atoms with E-state index in [0.29, 0.717) is 39.7 Å². The van der Waals surface area contributed by atoms with E-state index in [4.69, 9.17) is 14.2 Å². The fraction of sp³-hybridized carbons (Fsp3) is 0.167. The van der Waals surface area contributed by atoms with Gasteiger partial charge in [0.2, 0.25) is 0 Å². The predicted octanol–water partition coefficient (Wildman–Crippen LogP) is 3.56. The Bertz CT molecular complexity index is 1430. The van der Waals surface area contributed by atoms with Gasteiger partial charge in [0.1, 0.15) is 17.2 Å². The zero-order valence-corrected chi connectivity index (χ0v) is 18.4. The lowest BCUT2D eigenvalue weighted by molar-refractivity contribution is 0.0925. The minimum Gasteiger partial charge on any atom is -0.497 e. The fourth-order valence-corrected chi connectivity index (χ4v) is 4.05. The second-order valence-electron chi connectivity index (χ2n) is 7.42.